The Kier molecular flexibility index (Phi) is 4.99. The summed E-state index contributed by atoms with van der Waals surface area (Å²) in [5, 5.41) is 8.16. The van der Waals surface area contributed by atoms with Gasteiger partial charge in [-0.3, -0.25) is 0 Å². The maximum atomic E-state index is 10.3. The maximum absolute atomic E-state index is 10.3. The van der Waals surface area contributed by atoms with Crippen LogP contribution in [0.1, 0.15) is 0 Å². The van der Waals surface area contributed by atoms with Crippen LogP contribution in [0, 0.1) is 5.39 Å². The fraction of sp³-hybridized carbons (Fsp3) is 0. The average Bonchev–Trinajstić information content (AvgIpc) is 2.40. The Morgan fingerprint density at radius 3 is 1.61 bits per heavy atom. The SMILES string of the molecule is N#[N+]c1ccccc1.O=S(=O)([O-])c1ccccc1. The van der Waals surface area contributed by atoms with Crippen LogP contribution in [-0.2, 0) is 10.1 Å². The molecule has 0 spiro atoms. The zero-order valence-corrected chi connectivity index (χ0v) is 10.1. The first-order chi connectivity index (χ1) is 8.54. The van der Waals surface area contributed by atoms with Crippen molar-refractivity contribution in [2.24, 2.45) is 0 Å². The topological polar surface area (TPSA) is 85.3 Å². The van der Waals surface area contributed by atoms with Gasteiger partial charge in [-0.2, -0.15) is 0 Å². The zero-order chi connectivity index (χ0) is 13.4. The van der Waals surface area contributed by atoms with Crippen molar-refractivity contribution in [2.45, 2.75) is 4.90 Å². The van der Waals surface area contributed by atoms with Crippen LogP contribution in [0.15, 0.2) is 65.6 Å². The van der Waals surface area contributed by atoms with Gasteiger partial charge in [-0.05, 0) is 12.1 Å². The van der Waals surface area contributed by atoms with Gasteiger partial charge in [0.2, 0.25) is 5.39 Å². The summed E-state index contributed by atoms with van der Waals surface area (Å²) in [6.07, 6.45) is 0. The van der Waals surface area contributed by atoms with Crippen LogP contribution in [0.2, 0.25) is 0 Å². The van der Waals surface area contributed by atoms with Gasteiger partial charge in [0.15, 0.2) is 4.98 Å². The Bertz CT molecular complexity index is 619. The van der Waals surface area contributed by atoms with E-state index in [2.05, 4.69) is 4.98 Å². The number of benzene rings is 2. The second-order valence-corrected chi connectivity index (χ2v) is 4.58. The van der Waals surface area contributed by atoms with Crippen LogP contribution in [-0.4, -0.2) is 13.0 Å². The molecule has 0 saturated carbocycles. The van der Waals surface area contributed by atoms with Crippen molar-refractivity contribution in [1.29, 1.82) is 5.39 Å². The lowest BCUT2D eigenvalue weighted by molar-refractivity contribution is 0.463. The molecule has 0 aliphatic carbocycles. The molecule has 0 N–H and O–H groups in total. The Morgan fingerprint density at radius 1 is 0.889 bits per heavy atom. The van der Waals surface area contributed by atoms with Crippen LogP contribution in [0.5, 0.6) is 0 Å². The van der Waals surface area contributed by atoms with Crippen LogP contribution >= 0.6 is 0 Å². The van der Waals surface area contributed by atoms with Crippen LogP contribution in [0.4, 0.5) is 5.69 Å². The van der Waals surface area contributed by atoms with Crippen molar-refractivity contribution in [1.82, 2.24) is 0 Å². The first-order valence-corrected chi connectivity index (χ1v) is 6.36. The molecule has 2 aromatic carbocycles. The molecular weight excluding hydrogens is 252 g/mol. The van der Waals surface area contributed by atoms with Crippen molar-refractivity contribution in [3.05, 3.63) is 65.6 Å². The summed E-state index contributed by atoms with van der Waals surface area (Å²) >= 11 is 0. The molecule has 0 bridgehead atoms. The maximum Gasteiger partial charge on any atom is 0.385 e. The molecule has 0 aliphatic rings. The van der Waals surface area contributed by atoms with Gasteiger partial charge in [0.25, 0.3) is 0 Å². The Hall–Kier alpha value is -2.23. The highest BCUT2D eigenvalue weighted by Crippen LogP contribution is 2.07. The molecule has 18 heavy (non-hydrogen) atoms. The van der Waals surface area contributed by atoms with Gasteiger partial charge in [-0.1, -0.05) is 36.4 Å². The molecule has 0 atom stereocenters. The predicted octanol–water partition coefficient (Wildman–Crippen LogP) is 2.76. The van der Waals surface area contributed by atoms with Crippen LogP contribution in [0.25, 0.3) is 4.98 Å². The molecule has 0 amide bonds. The zero-order valence-electron chi connectivity index (χ0n) is 9.30. The quantitative estimate of drug-likeness (QED) is 0.584. The largest absolute Gasteiger partial charge is 0.744 e. The summed E-state index contributed by atoms with van der Waals surface area (Å²) in [5.74, 6) is 0. The Balaban J connectivity index is 0.000000184. The highest BCUT2D eigenvalue weighted by molar-refractivity contribution is 7.85. The van der Waals surface area contributed by atoms with Gasteiger partial charge in [0, 0.05) is 12.1 Å². The number of nitrogens with zero attached hydrogens (tertiary/aromatic N) is 2. The van der Waals surface area contributed by atoms with E-state index in [1.807, 2.05) is 18.2 Å². The van der Waals surface area contributed by atoms with Gasteiger partial charge in [-0.15, -0.1) is 0 Å². The summed E-state index contributed by atoms with van der Waals surface area (Å²) in [6.45, 7) is 0. The van der Waals surface area contributed by atoms with E-state index < -0.39 is 10.1 Å². The number of hydrogen-bond acceptors (Lipinski definition) is 4. The third kappa shape index (κ3) is 4.74. The molecule has 0 unspecified atom stereocenters. The lowest BCUT2D eigenvalue weighted by Gasteiger charge is -2.04. The molecule has 2 rings (SSSR count). The Labute approximate surface area is 105 Å². The molecular formula is C12H10N2O3S. The normalized spacial score (nSPS) is 9.78. The summed E-state index contributed by atoms with van der Waals surface area (Å²) in [6, 6.07) is 16.1. The number of diazo groups is 1. The van der Waals surface area contributed by atoms with Gasteiger partial charge < -0.3 is 4.55 Å². The molecule has 6 heteroatoms. The fourth-order valence-corrected chi connectivity index (χ4v) is 1.57. The van der Waals surface area contributed by atoms with E-state index in [9.17, 15) is 13.0 Å². The Morgan fingerprint density at radius 2 is 1.33 bits per heavy atom. The first-order valence-electron chi connectivity index (χ1n) is 4.95. The highest BCUT2D eigenvalue weighted by Gasteiger charge is 1.96. The molecule has 5 nitrogen and oxygen atoms in total. The lowest BCUT2D eigenvalue weighted by atomic mass is 10.3. The van der Waals surface area contributed by atoms with E-state index in [1.54, 1.807) is 18.2 Å². The van der Waals surface area contributed by atoms with E-state index in [4.69, 9.17) is 5.39 Å². The van der Waals surface area contributed by atoms with Gasteiger partial charge in [0.05, 0.1) is 4.90 Å². The molecule has 2 aromatic rings. The molecule has 92 valence electrons. The molecule has 0 fully saturated rings. The van der Waals surface area contributed by atoms with Crippen LogP contribution < -0.4 is 0 Å². The fourth-order valence-electron chi connectivity index (χ4n) is 1.08. The molecule has 0 radical (unpaired) electrons. The second kappa shape index (κ2) is 6.49. The third-order valence-electron chi connectivity index (χ3n) is 1.90. The summed E-state index contributed by atoms with van der Waals surface area (Å²) < 4.78 is 30.8. The lowest BCUT2D eigenvalue weighted by Crippen LogP contribution is -1.96. The van der Waals surface area contributed by atoms with E-state index in [0.717, 1.165) is 0 Å². The van der Waals surface area contributed by atoms with E-state index in [1.165, 1.54) is 24.3 Å². The summed E-state index contributed by atoms with van der Waals surface area (Å²) in [4.78, 5) is 2.79. The van der Waals surface area contributed by atoms with Gasteiger partial charge in [-0.25, -0.2) is 8.42 Å². The summed E-state index contributed by atoms with van der Waals surface area (Å²) in [7, 11) is -4.25. The van der Waals surface area contributed by atoms with Crippen LogP contribution in [0.3, 0.4) is 0 Å². The standard InChI is InChI=1S/C6H5N2.C6H6O3S/c7-8-6-4-2-1-3-5-6;7-10(8,9)6-4-2-1-3-5-6/h1-5H;1-5H,(H,7,8,9)/q+1;/p-1. The van der Waals surface area contributed by atoms with Crippen molar-refractivity contribution in [3.8, 4) is 0 Å². The van der Waals surface area contributed by atoms with E-state index in [-0.39, 0.29) is 4.90 Å². The minimum absolute atomic E-state index is 0.185. The van der Waals surface area contributed by atoms with Crippen molar-refractivity contribution < 1.29 is 13.0 Å². The van der Waals surface area contributed by atoms with Crippen molar-refractivity contribution in [2.75, 3.05) is 0 Å². The number of rotatable bonds is 1. The van der Waals surface area contributed by atoms with Gasteiger partial charge in [0.1, 0.15) is 10.1 Å². The molecule has 0 heterocycles. The van der Waals surface area contributed by atoms with E-state index in [0.29, 0.717) is 5.69 Å². The van der Waals surface area contributed by atoms with Gasteiger partial charge >= 0.3 is 5.69 Å². The second-order valence-electron chi connectivity index (χ2n) is 3.20. The molecule has 0 aromatic heterocycles. The number of hydrogen-bond donors (Lipinski definition) is 0. The highest BCUT2D eigenvalue weighted by atomic mass is 32.2. The minimum atomic E-state index is -4.25. The first kappa shape index (κ1) is 13.8. The summed E-state index contributed by atoms with van der Waals surface area (Å²) in [5.41, 5.74) is 0.590. The van der Waals surface area contributed by atoms with Crippen molar-refractivity contribution in [3.63, 3.8) is 0 Å². The smallest absolute Gasteiger partial charge is 0.385 e. The monoisotopic (exact) mass is 262 g/mol. The predicted molar refractivity (Wildman–Crippen MR) is 65.6 cm³/mol. The van der Waals surface area contributed by atoms with E-state index >= 15 is 0 Å². The minimum Gasteiger partial charge on any atom is -0.744 e. The molecule has 0 saturated heterocycles. The van der Waals surface area contributed by atoms with Crippen molar-refractivity contribution >= 4 is 15.8 Å². The molecule has 0 aliphatic heterocycles. The average molecular weight is 262 g/mol. The third-order valence-corrected chi connectivity index (χ3v) is 2.75.